The van der Waals surface area contributed by atoms with Gasteiger partial charge >= 0.3 is 5.97 Å². The minimum Gasteiger partial charge on any atom is -0.508 e. The van der Waals surface area contributed by atoms with Gasteiger partial charge in [-0.2, -0.15) is 5.10 Å². The van der Waals surface area contributed by atoms with Crippen LogP contribution in [-0.4, -0.2) is 28.4 Å². The first kappa shape index (κ1) is 9.51. The molecular formula is C10H10N2O3. The van der Waals surface area contributed by atoms with Gasteiger partial charge in [-0.3, -0.25) is 9.89 Å². The maximum atomic E-state index is 11.1. The molecule has 0 aliphatic heterocycles. The van der Waals surface area contributed by atoms with E-state index in [-0.39, 0.29) is 18.1 Å². The van der Waals surface area contributed by atoms with E-state index in [4.69, 9.17) is 0 Å². The molecule has 0 atom stereocenters. The highest BCUT2D eigenvalue weighted by Gasteiger charge is 2.10. The fourth-order valence-electron chi connectivity index (χ4n) is 1.41. The minimum atomic E-state index is -0.325. The number of H-pyrrole nitrogens is 1. The van der Waals surface area contributed by atoms with Gasteiger partial charge in [0.15, 0.2) is 0 Å². The summed E-state index contributed by atoms with van der Waals surface area (Å²) in [5.74, 6) is -0.174. The highest BCUT2D eigenvalue weighted by molar-refractivity contribution is 5.86. The van der Waals surface area contributed by atoms with Crippen LogP contribution in [0.25, 0.3) is 10.9 Å². The number of phenolic OH excluding ortho intramolecular Hbond substituents is 1. The molecule has 1 heterocycles. The molecule has 0 unspecified atom stereocenters. The molecule has 0 aliphatic carbocycles. The van der Waals surface area contributed by atoms with Crippen molar-refractivity contribution in [1.29, 1.82) is 0 Å². The lowest BCUT2D eigenvalue weighted by molar-refractivity contribution is -0.139. The summed E-state index contributed by atoms with van der Waals surface area (Å²) in [4.78, 5) is 11.1. The predicted molar refractivity (Wildman–Crippen MR) is 53.5 cm³/mol. The van der Waals surface area contributed by atoms with E-state index < -0.39 is 0 Å². The molecule has 0 fully saturated rings. The van der Waals surface area contributed by atoms with Crippen LogP contribution < -0.4 is 0 Å². The summed E-state index contributed by atoms with van der Waals surface area (Å²) in [5, 5.41) is 16.8. The quantitative estimate of drug-likeness (QED) is 0.718. The van der Waals surface area contributed by atoms with Crippen molar-refractivity contribution in [2.75, 3.05) is 7.11 Å². The first-order valence-electron chi connectivity index (χ1n) is 4.43. The molecule has 2 aromatic rings. The summed E-state index contributed by atoms with van der Waals surface area (Å²) >= 11 is 0. The number of hydrogen-bond donors (Lipinski definition) is 2. The van der Waals surface area contributed by atoms with Crippen molar-refractivity contribution in [2.24, 2.45) is 0 Å². The van der Waals surface area contributed by atoms with E-state index in [0.29, 0.717) is 11.2 Å². The zero-order valence-electron chi connectivity index (χ0n) is 8.15. The van der Waals surface area contributed by atoms with Crippen LogP contribution in [0, 0.1) is 0 Å². The Balaban J connectivity index is 2.41. The van der Waals surface area contributed by atoms with Gasteiger partial charge in [-0.25, -0.2) is 0 Å². The average Bonchev–Trinajstić information content (AvgIpc) is 2.60. The number of nitrogens with zero attached hydrogens (tertiary/aromatic N) is 1. The lowest BCUT2D eigenvalue weighted by Crippen LogP contribution is -2.04. The normalized spacial score (nSPS) is 10.5. The molecule has 0 aliphatic rings. The fourth-order valence-corrected chi connectivity index (χ4v) is 1.41. The number of esters is 1. The molecule has 0 amide bonds. The zero-order valence-corrected chi connectivity index (χ0v) is 8.15. The lowest BCUT2D eigenvalue weighted by atomic mass is 10.1. The Morgan fingerprint density at radius 3 is 3.13 bits per heavy atom. The number of methoxy groups -OCH3 is 1. The van der Waals surface area contributed by atoms with E-state index in [1.165, 1.54) is 13.2 Å². The third kappa shape index (κ3) is 1.76. The number of carbonyl (C=O) groups excluding carboxylic acids is 1. The molecule has 0 saturated heterocycles. The van der Waals surface area contributed by atoms with E-state index >= 15 is 0 Å². The highest BCUT2D eigenvalue weighted by atomic mass is 16.5. The number of nitrogens with one attached hydrogen (secondary N) is 1. The van der Waals surface area contributed by atoms with E-state index in [1.54, 1.807) is 12.1 Å². The van der Waals surface area contributed by atoms with Gasteiger partial charge in [0.05, 0.1) is 24.7 Å². The van der Waals surface area contributed by atoms with Gasteiger partial charge in [0.25, 0.3) is 0 Å². The van der Waals surface area contributed by atoms with Crippen molar-refractivity contribution in [3.63, 3.8) is 0 Å². The smallest absolute Gasteiger partial charge is 0.311 e. The van der Waals surface area contributed by atoms with Gasteiger partial charge in [-0.1, -0.05) is 0 Å². The maximum absolute atomic E-state index is 11.1. The third-order valence-electron chi connectivity index (χ3n) is 2.17. The van der Waals surface area contributed by atoms with Crippen LogP contribution in [0.4, 0.5) is 0 Å². The molecular weight excluding hydrogens is 196 g/mol. The van der Waals surface area contributed by atoms with Gasteiger partial charge in [0.2, 0.25) is 0 Å². The van der Waals surface area contributed by atoms with Gasteiger partial charge in [-0.15, -0.1) is 0 Å². The Morgan fingerprint density at radius 2 is 2.40 bits per heavy atom. The van der Waals surface area contributed by atoms with Gasteiger partial charge < -0.3 is 9.84 Å². The number of phenols is 1. The van der Waals surface area contributed by atoms with Crippen molar-refractivity contribution in [1.82, 2.24) is 10.2 Å². The van der Waals surface area contributed by atoms with Crippen LogP contribution in [0.15, 0.2) is 18.2 Å². The second-order valence-corrected chi connectivity index (χ2v) is 3.16. The lowest BCUT2D eigenvalue weighted by Gasteiger charge is -1.97. The molecule has 15 heavy (non-hydrogen) atoms. The van der Waals surface area contributed by atoms with Crippen LogP contribution in [0.2, 0.25) is 0 Å². The SMILES string of the molecule is COC(=O)Cc1[nH]nc2cc(O)ccc12. The number of carbonyl (C=O) groups is 1. The van der Waals surface area contributed by atoms with E-state index in [9.17, 15) is 9.90 Å². The molecule has 0 radical (unpaired) electrons. The third-order valence-corrected chi connectivity index (χ3v) is 2.17. The van der Waals surface area contributed by atoms with E-state index in [0.717, 1.165) is 5.39 Å². The summed E-state index contributed by atoms with van der Waals surface area (Å²) in [6.45, 7) is 0. The fraction of sp³-hybridized carbons (Fsp3) is 0.200. The molecule has 2 rings (SSSR count). The van der Waals surface area contributed by atoms with Gasteiger partial charge in [0, 0.05) is 11.5 Å². The van der Waals surface area contributed by atoms with Gasteiger partial charge in [-0.05, 0) is 12.1 Å². The van der Waals surface area contributed by atoms with Gasteiger partial charge in [0.1, 0.15) is 5.75 Å². The first-order valence-corrected chi connectivity index (χ1v) is 4.43. The van der Waals surface area contributed by atoms with Crippen molar-refractivity contribution in [3.8, 4) is 5.75 Å². The number of benzene rings is 1. The Morgan fingerprint density at radius 1 is 1.60 bits per heavy atom. The molecule has 1 aromatic carbocycles. The predicted octanol–water partition coefficient (Wildman–Crippen LogP) is 0.984. The summed E-state index contributed by atoms with van der Waals surface area (Å²) in [6, 6.07) is 4.80. The van der Waals surface area contributed by atoms with E-state index in [1.807, 2.05) is 0 Å². The highest BCUT2D eigenvalue weighted by Crippen LogP contribution is 2.20. The average molecular weight is 206 g/mol. The van der Waals surface area contributed by atoms with Crippen molar-refractivity contribution in [2.45, 2.75) is 6.42 Å². The molecule has 5 heteroatoms. The van der Waals surface area contributed by atoms with Crippen LogP contribution in [0.3, 0.4) is 0 Å². The van der Waals surface area contributed by atoms with E-state index in [2.05, 4.69) is 14.9 Å². The number of aromatic hydroxyl groups is 1. The standard InChI is InChI=1S/C10H10N2O3/c1-15-10(14)5-9-7-3-2-6(13)4-8(7)11-12-9/h2-4,13H,5H2,1H3,(H,11,12). The number of fused-ring (bicyclic) bond motifs is 1. The molecule has 5 nitrogen and oxygen atoms in total. The maximum Gasteiger partial charge on any atom is 0.311 e. The number of aromatic nitrogens is 2. The Labute approximate surface area is 85.7 Å². The Bertz CT molecular complexity index is 504. The summed E-state index contributed by atoms with van der Waals surface area (Å²) in [7, 11) is 1.34. The van der Waals surface area contributed by atoms with Crippen molar-refractivity contribution in [3.05, 3.63) is 23.9 Å². The second-order valence-electron chi connectivity index (χ2n) is 3.16. The van der Waals surface area contributed by atoms with Crippen LogP contribution in [-0.2, 0) is 16.0 Å². The molecule has 0 bridgehead atoms. The Hall–Kier alpha value is -2.04. The summed E-state index contributed by atoms with van der Waals surface area (Å²) < 4.78 is 4.56. The zero-order chi connectivity index (χ0) is 10.8. The molecule has 0 saturated carbocycles. The number of aromatic amines is 1. The van der Waals surface area contributed by atoms with Crippen LogP contribution >= 0.6 is 0 Å². The first-order chi connectivity index (χ1) is 7.20. The molecule has 2 N–H and O–H groups in total. The molecule has 0 spiro atoms. The molecule has 78 valence electrons. The van der Waals surface area contributed by atoms with Crippen molar-refractivity contribution >= 4 is 16.9 Å². The second kappa shape index (κ2) is 3.61. The Kier molecular flexibility index (Phi) is 2.29. The largest absolute Gasteiger partial charge is 0.508 e. The summed E-state index contributed by atoms with van der Waals surface area (Å²) in [6.07, 6.45) is 0.151. The topological polar surface area (TPSA) is 75.2 Å². The molecule has 1 aromatic heterocycles. The summed E-state index contributed by atoms with van der Waals surface area (Å²) in [5.41, 5.74) is 1.32. The monoisotopic (exact) mass is 206 g/mol. The number of hydrogen-bond acceptors (Lipinski definition) is 4. The number of rotatable bonds is 2. The number of ether oxygens (including phenoxy) is 1. The van der Waals surface area contributed by atoms with Crippen LogP contribution in [0.1, 0.15) is 5.69 Å². The van der Waals surface area contributed by atoms with Crippen molar-refractivity contribution < 1.29 is 14.6 Å². The van der Waals surface area contributed by atoms with Crippen LogP contribution in [0.5, 0.6) is 5.75 Å². The minimum absolute atomic E-state index is 0.151.